The van der Waals surface area contributed by atoms with Gasteiger partial charge in [0.2, 0.25) is 17.7 Å². The van der Waals surface area contributed by atoms with Gasteiger partial charge in [0.15, 0.2) is 5.70 Å². The average Bonchev–Trinajstić information content (AvgIpc) is 3.69. The molecular weight excluding hydrogens is 900 g/mol. The number of rotatable bonds is 24. The number of benzene rings is 1. The molecule has 0 fully saturated rings. The van der Waals surface area contributed by atoms with E-state index in [9.17, 15) is 41.7 Å². The number of hydrogen-bond donors (Lipinski definition) is 6. The fraction of sp³-hybridized carbons (Fsp3) is 0.550. The van der Waals surface area contributed by atoms with Crippen molar-refractivity contribution in [1.82, 2.24) is 20.4 Å². The van der Waals surface area contributed by atoms with Crippen molar-refractivity contribution in [2.75, 3.05) is 40.0 Å². The van der Waals surface area contributed by atoms with E-state index in [4.69, 9.17) is 0 Å². The highest BCUT2D eigenvalue weighted by Crippen LogP contribution is 2.55. The molecule has 1 aromatic carbocycles. The van der Waals surface area contributed by atoms with E-state index in [1.54, 1.807) is 30.3 Å². The molecule has 338 valence electrons. The van der Waals surface area contributed by atoms with Gasteiger partial charge >= 0.3 is 14.6 Å². The van der Waals surface area contributed by atoms with E-state index in [2.05, 4.69) is 53.0 Å². The summed E-state index contributed by atoms with van der Waals surface area (Å²) in [6, 6.07) is 6.60. The lowest BCUT2D eigenvalue weighted by molar-refractivity contribution is -0.870. The molecule has 2 aliphatic rings. The minimum Gasteiger partial charge on any atom is -0.394 e. The van der Waals surface area contributed by atoms with Crippen molar-refractivity contribution < 1.29 is 59.3 Å². The van der Waals surface area contributed by atoms with E-state index in [1.807, 2.05) is 26.0 Å². The van der Waals surface area contributed by atoms with Crippen molar-refractivity contribution in [3.8, 4) is 0 Å². The summed E-state index contributed by atoms with van der Waals surface area (Å²) in [6.07, 6.45) is 7.76. The molecule has 61 heavy (non-hydrogen) atoms. The van der Waals surface area contributed by atoms with Crippen molar-refractivity contribution in [2.24, 2.45) is 0 Å². The maximum atomic E-state index is 17.0. The van der Waals surface area contributed by atoms with Crippen LogP contribution >= 0.6 is 23.5 Å². The van der Waals surface area contributed by atoms with Gasteiger partial charge in [-0.1, -0.05) is 66.9 Å². The van der Waals surface area contributed by atoms with Gasteiger partial charge in [0.05, 0.1) is 27.7 Å². The van der Waals surface area contributed by atoms with Crippen LogP contribution in [0, 0.1) is 0 Å². The highest BCUT2D eigenvalue weighted by molar-refractivity contribution is 9.10. The van der Waals surface area contributed by atoms with E-state index >= 15 is 8.63 Å². The van der Waals surface area contributed by atoms with Crippen molar-refractivity contribution in [2.45, 2.75) is 102 Å². The number of nitrogens with zero attached hydrogens (tertiary/aromatic N) is 3. The third kappa shape index (κ3) is 14.2. The van der Waals surface area contributed by atoms with Gasteiger partial charge in [-0.25, -0.2) is 0 Å². The molecule has 3 heterocycles. The zero-order valence-electron chi connectivity index (χ0n) is 35.5. The number of carbonyl (C=O) groups is 3. The molecule has 6 N–H and O–H groups in total. The van der Waals surface area contributed by atoms with Crippen LogP contribution in [0.2, 0.25) is 0 Å². The molecule has 1 aromatic heterocycles. The van der Waals surface area contributed by atoms with Crippen LogP contribution in [0.15, 0.2) is 47.7 Å². The first kappa shape index (κ1) is 50.1. The monoisotopic (exact) mass is 959 g/mol. The fourth-order valence-electron chi connectivity index (χ4n) is 7.59. The third-order valence-corrected chi connectivity index (χ3v) is 14.3. The van der Waals surface area contributed by atoms with Crippen molar-refractivity contribution in [1.29, 1.82) is 0 Å². The highest BCUT2D eigenvalue weighted by Gasteiger charge is 2.54. The molecule has 21 heteroatoms. The second-order valence-corrected chi connectivity index (χ2v) is 21.6. The summed E-state index contributed by atoms with van der Waals surface area (Å²) in [6.45, 7) is 0.647. The number of fused-ring (bicyclic) bond motifs is 2. The number of hydrogen-bond acceptors (Lipinski definition) is 6. The fourth-order valence-corrected chi connectivity index (χ4v) is 9.12. The van der Waals surface area contributed by atoms with Gasteiger partial charge in [0, 0.05) is 62.2 Å². The summed E-state index contributed by atoms with van der Waals surface area (Å²) in [5.74, 6) is -3.03. The minimum absolute atomic E-state index is 0.0293. The number of carbonyl (C=O) groups excluding carboxylic acids is 3. The molecule has 2 aromatic rings. The number of nitrogens with one attached hydrogen (secondary N) is 3. The normalized spacial score (nSPS) is 16.0. The second kappa shape index (κ2) is 21.2. The summed E-state index contributed by atoms with van der Waals surface area (Å²) < 4.78 is 80.5. The average molecular weight is 961 g/mol. The summed E-state index contributed by atoms with van der Waals surface area (Å²) in [5, 5.41) is 7.63. The summed E-state index contributed by atoms with van der Waals surface area (Å²) in [4.78, 5) is 57.4. The Hall–Kier alpha value is -3.52. The third-order valence-electron chi connectivity index (χ3n) is 10.5. The number of quaternary nitrogens is 1. The Morgan fingerprint density at radius 1 is 0.934 bits per heavy atom. The molecule has 1 unspecified atom stereocenters. The van der Waals surface area contributed by atoms with Gasteiger partial charge < -0.3 is 47.8 Å². The Labute approximate surface area is 365 Å². The van der Waals surface area contributed by atoms with E-state index in [1.165, 1.54) is 4.48 Å². The molecule has 0 saturated heterocycles. The van der Waals surface area contributed by atoms with Crippen LogP contribution in [0.5, 0.6) is 0 Å². The van der Waals surface area contributed by atoms with Crippen LogP contribution in [0.1, 0.15) is 104 Å². The predicted octanol–water partition coefficient (Wildman–Crippen LogP) is 5.18. The van der Waals surface area contributed by atoms with Crippen LogP contribution in [-0.4, -0.2) is 113 Å². The van der Waals surface area contributed by atoms with E-state index in [-0.39, 0.29) is 44.0 Å². The van der Waals surface area contributed by atoms with Gasteiger partial charge in [0.25, 0.3) is 10.1 Å². The molecule has 4 rings (SSSR count). The Bertz CT molecular complexity index is 2190. The molecule has 0 aliphatic carbocycles. The summed E-state index contributed by atoms with van der Waals surface area (Å²) >= 11 is 2.99. The number of aromatic nitrogens is 1. The smallest absolute Gasteiger partial charge is 0.394 e. The Morgan fingerprint density at radius 3 is 2.21 bits per heavy atom. The molecule has 0 bridgehead atoms. The van der Waals surface area contributed by atoms with Crippen LogP contribution in [0.3, 0.4) is 0 Å². The first-order valence-corrected chi connectivity index (χ1v) is 24.9. The molecule has 2 atom stereocenters. The van der Waals surface area contributed by atoms with Gasteiger partial charge in [-0.3, -0.25) is 23.5 Å². The Kier molecular flexibility index (Phi) is 17.5. The van der Waals surface area contributed by atoms with E-state index in [0.29, 0.717) is 71.2 Å². The summed E-state index contributed by atoms with van der Waals surface area (Å²) in [5.41, 5.74) is 4.44. The zero-order chi connectivity index (χ0) is 45.3. The van der Waals surface area contributed by atoms with Crippen LogP contribution < -0.4 is 16.0 Å². The zero-order valence-corrected chi connectivity index (χ0v) is 38.8. The lowest BCUT2D eigenvalue weighted by atomic mass is 9.88. The van der Waals surface area contributed by atoms with Crippen molar-refractivity contribution >= 4 is 70.1 Å². The van der Waals surface area contributed by atoms with Gasteiger partial charge in [-0.05, 0) is 60.6 Å². The van der Waals surface area contributed by atoms with Gasteiger partial charge in [0.1, 0.15) is 22.1 Å². The Balaban J connectivity index is 1.36. The van der Waals surface area contributed by atoms with E-state index < -0.39 is 52.9 Å². The lowest BCUT2D eigenvalue weighted by Gasteiger charge is -2.32. The molecule has 0 spiro atoms. The topological polar surface area (TPSA) is 207 Å². The maximum absolute atomic E-state index is 17.0. The van der Waals surface area contributed by atoms with Crippen molar-refractivity contribution in [3.63, 3.8) is 0 Å². The molecule has 2 aliphatic heterocycles. The second-order valence-electron chi connectivity index (χ2n) is 16.7. The molecule has 0 saturated carbocycles. The number of aryl methyl sites for hydroxylation is 2. The number of unbranched alkanes of at least 4 members (excludes halogenated alkanes) is 1. The lowest BCUT2D eigenvalue weighted by Crippen LogP contribution is -2.52. The molecule has 3 amide bonds. The van der Waals surface area contributed by atoms with Crippen molar-refractivity contribution in [3.05, 3.63) is 75.8 Å². The number of amides is 3. The number of halogens is 3. The minimum atomic E-state index is -4.72. The predicted molar refractivity (Wildman–Crippen MR) is 236 cm³/mol. The molecule has 15 nitrogen and oxygen atoms in total. The number of allylic oxidation sites excluding steroid dienone is 2. The summed E-state index contributed by atoms with van der Waals surface area (Å²) in [7, 11) is -2.91. The Morgan fingerprint density at radius 2 is 1.61 bits per heavy atom. The first-order valence-electron chi connectivity index (χ1n) is 20.7. The standard InChI is InChI=1S/C40H59BBrF2N6O9PS/c1-6-11-30-23-32(13-10-22-50(3,4)5)48-35(30)25-36-31(12-7-2)24-33(49(36)41(48,43)44)19-20-38(52)47-34(27-61(57,58)59)40(53)45-21-9-8-14-37(51)46-26-28-15-17-29(18-16-28)39(42)60(54,55)56/h15-18,23-25,34,39H,6-14,19-22,26-27H2,1-5H3,(H5-,45,46,47,51,52,53,54,55,56,57,58,59)/p+1/t34-,39?/m0/s1. The SMILES string of the molecule is CCCC1=CC(CCC(=O)N[C@@H](CS(=O)(=O)O)C(=O)NCCCCC(=O)NCc2ccc(C(Br)P(=O)(O)O)cc2)=[N+]2C1=Cc1c(CCC)cc(CCC[N+](C)(C)C)n1[B-]2(F)F. The largest absolute Gasteiger partial charge is 0.737 e. The first-order chi connectivity index (χ1) is 28.4. The quantitative estimate of drug-likeness (QED) is 0.0205. The highest BCUT2D eigenvalue weighted by atomic mass is 79.9. The van der Waals surface area contributed by atoms with Crippen LogP contribution in [0.4, 0.5) is 8.63 Å². The maximum Gasteiger partial charge on any atom is 0.737 e. The van der Waals surface area contributed by atoms with Crippen LogP contribution in [0.25, 0.3) is 6.08 Å². The van der Waals surface area contributed by atoms with Gasteiger partial charge in [-0.2, -0.15) is 8.42 Å². The molecule has 0 radical (unpaired) electrons. The van der Waals surface area contributed by atoms with E-state index in [0.717, 1.165) is 35.0 Å². The number of alkyl halides is 1. The van der Waals surface area contributed by atoms with Crippen LogP contribution in [-0.2, 0) is 48.5 Å². The molecular formula is C40H60BBrF2N6O9PS+. The van der Waals surface area contributed by atoms with Gasteiger partial charge in [-0.15, -0.1) is 0 Å².